The molecule has 1 rings (SSSR count). The average molecular weight is 223 g/mol. The van der Waals surface area contributed by atoms with Crippen LogP contribution in [0.25, 0.3) is 0 Å². The van der Waals surface area contributed by atoms with Gasteiger partial charge >= 0.3 is 11.9 Å². The van der Waals surface area contributed by atoms with Gasteiger partial charge in [0.2, 0.25) is 0 Å². The monoisotopic (exact) mass is 223 g/mol. The first-order valence-electron chi connectivity index (χ1n) is 4.63. The Balaban J connectivity index is 3.01. The number of aryl methyl sites for hydroxylation is 1. The molecule has 0 saturated heterocycles. The summed E-state index contributed by atoms with van der Waals surface area (Å²) in [7, 11) is 2.96. The van der Waals surface area contributed by atoms with Gasteiger partial charge < -0.3 is 14.7 Å². The number of nitrogens with zero attached hydrogens (tertiary/aromatic N) is 1. The lowest BCUT2D eigenvalue weighted by atomic mass is 10.2. The second kappa shape index (κ2) is 4.65. The van der Waals surface area contributed by atoms with E-state index in [2.05, 4.69) is 0 Å². The van der Waals surface area contributed by atoms with Gasteiger partial charge in [0, 0.05) is 12.7 Å². The Labute approximate surface area is 93.2 Å². The number of hydrogen-bond acceptors (Lipinski definition) is 3. The van der Waals surface area contributed by atoms with Gasteiger partial charge in [-0.1, -0.05) is 0 Å². The molecule has 0 heterocycles. The minimum atomic E-state index is -1.48. The van der Waals surface area contributed by atoms with Crippen LogP contribution in [0.15, 0.2) is 18.2 Å². The van der Waals surface area contributed by atoms with Crippen molar-refractivity contribution in [2.24, 2.45) is 0 Å². The third-order valence-electron chi connectivity index (χ3n) is 2.25. The molecule has 0 fully saturated rings. The maximum atomic E-state index is 11.2. The molecule has 0 aromatic heterocycles. The van der Waals surface area contributed by atoms with E-state index in [1.165, 1.54) is 7.05 Å². The number of rotatable bonds is 2. The minimum absolute atomic E-state index is 0.519. The molecule has 16 heavy (non-hydrogen) atoms. The lowest BCUT2D eigenvalue weighted by Gasteiger charge is -2.16. The van der Waals surface area contributed by atoms with Crippen molar-refractivity contribution in [1.82, 2.24) is 0 Å². The van der Waals surface area contributed by atoms with E-state index in [1.54, 1.807) is 25.3 Å². The summed E-state index contributed by atoms with van der Waals surface area (Å²) in [5.74, 6) is -1.75. The van der Waals surface area contributed by atoms with E-state index in [4.69, 9.17) is 9.84 Å². The summed E-state index contributed by atoms with van der Waals surface area (Å²) < 4.78 is 5.07. The zero-order valence-corrected chi connectivity index (χ0v) is 9.35. The molecule has 86 valence electrons. The van der Waals surface area contributed by atoms with Crippen molar-refractivity contribution in [3.8, 4) is 5.75 Å². The molecule has 5 heteroatoms. The van der Waals surface area contributed by atoms with E-state index in [-0.39, 0.29) is 0 Å². The quantitative estimate of drug-likeness (QED) is 0.761. The summed E-state index contributed by atoms with van der Waals surface area (Å²) >= 11 is 0. The zero-order chi connectivity index (χ0) is 12.3. The Morgan fingerprint density at radius 2 is 2.00 bits per heavy atom. The van der Waals surface area contributed by atoms with Crippen molar-refractivity contribution in [2.45, 2.75) is 6.92 Å². The SMILES string of the molecule is COc1ccc(N(C)C(=O)C(=O)O)cc1C. The number of ether oxygens (including phenoxy) is 1. The molecular formula is C11H13NO4. The van der Waals surface area contributed by atoms with Gasteiger partial charge in [-0.3, -0.25) is 4.79 Å². The Hall–Kier alpha value is -2.04. The molecule has 0 unspecified atom stereocenters. The predicted octanol–water partition coefficient (Wildman–Crippen LogP) is 1.05. The number of carboxylic acid groups (broad SMARTS) is 1. The first kappa shape index (κ1) is 12.0. The Morgan fingerprint density at radius 1 is 1.38 bits per heavy atom. The molecular weight excluding hydrogens is 210 g/mol. The van der Waals surface area contributed by atoms with E-state index >= 15 is 0 Å². The highest BCUT2D eigenvalue weighted by Crippen LogP contribution is 2.23. The summed E-state index contributed by atoms with van der Waals surface area (Å²) in [6.07, 6.45) is 0. The second-order valence-corrected chi connectivity index (χ2v) is 3.32. The number of benzene rings is 1. The van der Waals surface area contributed by atoms with E-state index in [9.17, 15) is 9.59 Å². The van der Waals surface area contributed by atoms with Crippen LogP contribution < -0.4 is 9.64 Å². The van der Waals surface area contributed by atoms with Crippen molar-refractivity contribution >= 4 is 17.6 Å². The maximum Gasteiger partial charge on any atom is 0.394 e. The van der Waals surface area contributed by atoms with Crippen LogP contribution in [-0.2, 0) is 9.59 Å². The summed E-state index contributed by atoms with van der Waals surface area (Å²) in [6.45, 7) is 1.82. The molecule has 0 spiro atoms. The maximum absolute atomic E-state index is 11.2. The van der Waals surface area contributed by atoms with Crippen molar-refractivity contribution in [2.75, 3.05) is 19.1 Å². The molecule has 0 bridgehead atoms. The summed E-state index contributed by atoms with van der Waals surface area (Å²) in [6, 6.07) is 5.02. The van der Waals surface area contributed by atoms with Gasteiger partial charge in [-0.05, 0) is 30.7 Å². The third kappa shape index (κ3) is 2.31. The van der Waals surface area contributed by atoms with E-state index in [1.807, 2.05) is 6.92 Å². The third-order valence-corrected chi connectivity index (χ3v) is 2.25. The molecule has 1 aromatic carbocycles. The van der Waals surface area contributed by atoms with Gasteiger partial charge in [0.15, 0.2) is 0 Å². The van der Waals surface area contributed by atoms with Crippen LogP contribution in [0.4, 0.5) is 5.69 Å². The first-order chi connectivity index (χ1) is 7.47. The van der Waals surface area contributed by atoms with Crippen LogP contribution in [0.3, 0.4) is 0 Å². The first-order valence-corrected chi connectivity index (χ1v) is 4.63. The van der Waals surface area contributed by atoms with Crippen molar-refractivity contribution in [3.63, 3.8) is 0 Å². The number of carbonyl (C=O) groups is 2. The Bertz CT molecular complexity index is 428. The standard InChI is InChI=1S/C11H13NO4/c1-7-6-8(4-5-9(7)16-3)12(2)10(13)11(14)15/h4-6H,1-3H3,(H,14,15). The molecule has 0 aliphatic heterocycles. The fourth-order valence-corrected chi connectivity index (χ4v) is 1.33. The predicted molar refractivity (Wildman–Crippen MR) is 58.8 cm³/mol. The second-order valence-electron chi connectivity index (χ2n) is 3.32. The number of likely N-dealkylation sites (N-methyl/N-ethyl adjacent to an activating group) is 1. The van der Waals surface area contributed by atoms with Gasteiger partial charge in [0.25, 0.3) is 0 Å². The highest BCUT2D eigenvalue weighted by molar-refractivity contribution is 6.37. The van der Waals surface area contributed by atoms with Crippen LogP contribution in [0.2, 0.25) is 0 Å². The zero-order valence-electron chi connectivity index (χ0n) is 9.35. The van der Waals surface area contributed by atoms with Crippen LogP contribution in [0.1, 0.15) is 5.56 Å². The molecule has 1 amide bonds. The van der Waals surface area contributed by atoms with Crippen molar-refractivity contribution in [1.29, 1.82) is 0 Å². The number of carboxylic acids is 1. The molecule has 1 aromatic rings. The van der Waals surface area contributed by atoms with E-state index < -0.39 is 11.9 Å². The number of hydrogen-bond donors (Lipinski definition) is 1. The molecule has 1 N–H and O–H groups in total. The highest BCUT2D eigenvalue weighted by atomic mass is 16.5. The summed E-state index contributed by atoms with van der Waals surface area (Å²) in [5, 5.41) is 8.57. The van der Waals surface area contributed by atoms with Crippen molar-refractivity contribution in [3.05, 3.63) is 23.8 Å². The number of carbonyl (C=O) groups excluding carboxylic acids is 1. The smallest absolute Gasteiger partial charge is 0.394 e. The van der Waals surface area contributed by atoms with Gasteiger partial charge in [-0.25, -0.2) is 4.79 Å². The fourth-order valence-electron chi connectivity index (χ4n) is 1.33. The highest BCUT2D eigenvalue weighted by Gasteiger charge is 2.18. The van der Waals surface area contributed by atoms with Gasteiger partial charge in [-0.15, -0.1) is 0 Å². The normalized spacial score (nSPS) is 9.69. The van der Waals surface area contributed by atoms with Gasteiger partial charge in [0.1, 0.15) is 5.75 Å². The summed E-state index contributed by atoms with van der Waals surface area (Å²) in [5.41, 5.74) is 1.36. The molecule has 0 aliphatic rings. The average Bonchev–Trinajstić information content (AvgIpc) is 2.26. The topological polar surface area (TPSA) is 66.8 Å². The fraction of sp³-hybridized carbons (Fsp3) is 0.273. The molecule has 0 atom stereocenters. The van der Waals surface area contributed by atoms with Gasteiger partial charge in [-0.2, -0.15) is 0 Å². The number of amides is 1. The number of methoxy groups -OCH3 is 1. The minimum Gasteiger partial charge on any atom is -0.496 e. The Morgan fingerprint density at radius 3 is 2.44 bits per heavy atom. The Kier molecular flexibility index (Phi) is 3.50. The van der Waals surface area contributed by atoms with Crippen LogP contribution >= 0.6 is 0 Å². The van der Waals surface area contributed by atoms with Crippen LogP contribution in [0.5, 0.6) is 5.75 Å². The molecule has 0 radical (unpaired) electrons. The largest absolute Gasteiger partial charge is 0.496 e. The van der Waals surface area contributed by atoms with Crippen LogP contribution in [0, 0.1) is 6.92 Å². The molecule has 0 aliphatic carbocycles. The number of aliphatic carboxylic acids is 1. The molecule has 0 saturated carbocycles. The van der Waals surface area contributed by atoms with Crippen LogP contribution in [-0.4, -0.2) is 31.1 Å². The van der Waals surface area contributed by atoms with Gasteiger partial charge in [0.05, 0.1) is 7.11 Å². The lowest BCUT2D eigenvalue weighted by Crippen LogP contribution is -2.32. The lowest BCUT2D eigenvalue weighted by molar-refractivity contribution is -0.148. The summed E-state index contributed by atoms with van der Waals surface area (Å²) in [4.78, 5) is 22.8. The van der Waals surface area contributed by atoms with E-state index in [0.717, 1.165) is 10.5 Å². The number of anilines is 1. The molecule has 5 nitrogen and oxygen atoms in total. The van der Waals surface area contributed by atoms with Crippen molar-refractivity contribution < 1.29 is 19.4 Å². The van der Waals surface area contributed by atoms with E-state index in [0.29, 0.717) is 11.4 Å².